The number of hydrogen-bond donors (Lipinski definition) is 0. The fourth-order valence-corrected chi connectivity index (χ4v) is 11.9. The Bertz CT molecular complexity index is 4140. The van der Waals surface area contributed by atoms with E-state index in [9.17, 15) is 0 Å². The van der Waals surface area contributed by atoms with E-state index in [0.29, 0.717) is 0 Å². The van der Waals surface area contributed by atoms with Crippen molar-refractivity contribution >= 4 is 49.8 Å². The van der Waals surface area contributed by atoms with Gasteiger partial charge in [0.2, 0.25) is 0 Å². The zero-order chi connectivity index (χ0) is 48.3. The Morgan fingerprint density at radius 3 is 1.60 bits per heavy atom. The lowest BCUT2D eigenvalue weighted by Gasteiger charge is -2.35. The van der Waals surface area contributed by atoms with Gasteiger partial charge in [-0.1, -0.05) is 231 Å². The molecule has 0 amide bonds. The molecule has 73 heavy (non-hydrogen) atoms. The number of hydrogen-bond acceptors (Lipinski definition) is 2. The molecular formula is C71H47NO. The van der Waals surface area contributed by atoms with E-state index in [1.54, 1.807) is 0 Å². The molecule has 1 aliphatic rings. The van der Waals surface area contributed by atoms with Crippen LogP contribution in [-0.2, 0) is 5.41 Å². The van der Waals surface area contributed by atoms with Crippen molar-refractivity contribution < 1.29 is 4.42 Å². The van der Waals surface area contributed by atoms with E-state index in [4.69, 9.17) is 4.42 Å². The van der Waals surface area contributed by atoms with E-state index in [1.165, 1.54) is 72.0 Å². The van der Waals surface area contributed by atoms with Crippen LogP contribution in [0, 0.1) is 0 Å². The first-order chi connectivity index (χ1) is 36.2. The number of fused-ring (bicyclic) bond motifs is 7. The summed E-state index contributed by atoms with van der Waals surface area (Å²) in [5, 5.41) is 4.62. The summed E-state index contributed by atoms with van der Waals surface area (Å²) < 4.78 is 6.73. The molecule has 0 saturated heterocycles. The highest BCUT2D eigenvalue weighted by molar-refractivity contribution is 6.14. The van der Waals surface area contributed by atoms with Gasteiger partial charge in [-0.3, -0.25) is 0 Å². The molecule has 2 heteroatoms. The molecule has 0 aliphatic heterocycles. The average molecular weight is 930 g/mol. The minimum atomic E-state index is -0.608. The van der Waals surface area contributed by atoms with Crippen molar-refractivity contribution in [3.8, 4) is 55.6 Å². The van der Waals surface area contributed by atoms with Gasteiger partial charge in [0.05, 0.1) is 16.5 Å². The number of nitrogens with zero attached hydrogens (tertiary/aromatic N) is 1. The molecule has 0 fully saturated rings. The Labute approximate surface area is 425 Å². The number of furan rings is 1. The third-order valence-corrected chi connectivity index (χ3v) is 15.2. The molecule has 342 valence electrons. The van der Waals surface area contributed by atoms with Crippen LogP contribution in [0.3, 0.4) is 0 Å². The number of anilines is 3. The van der Waals surface area contributed by atoms with Gasteiger partial charge < -0.3 is 9.32 Å². The van der Waals surface area contributed by atoms with E-state index >= 15 is 0 Å². The van der Waals surface area contributed by atoms with Crippen LogP contribution in [0.2, 0.25) is 0 Å². The SMILES string of the molecule is c1ccc(-c2ccc3oc4cccc(N(c5ccc(C6(c7cccc(-c8cccc9ccccc89)c7)c7ccccc7-c7ccccc76)cc5)c5ccc(-c6ccccc6)c(-c6ccccc6)c5)c4c3c2)cc1. The molecule has 0 bridgehead atoms. The van der Waals surface area contributed by atoms with Crippen LogP contribution in [0.1, 0.15) is 22.3 Å². The maximum atomic E-state index is 6.73. The van der Waals surface area contributed by atoms with Crippen LogP contribution in [-0.4, -0.2) is 0 Å². The first-order valence-electron chi connectivity index (χ1n) is 25.2. The van der Waals surface area contributed by atoms with Gasteiger partial charge in [-0.2, -0.15) is 0 Å². The normalized spacial score (nSPS) is 12.5. The van der Waals surface area contributed by atoms with Gasteiger partial charge in [-0.15, -0.1) is 0 Å². The quantitative estimate of drug-likeness (QED) is 0.143. The first-order valence-corrected chi connectivity index (χ1v) is 25.2. The molecular weight excluding hydrogens is 883 g/mol. The van der Waals surface area contributed by atoms with E-state index in [-0.39, 0.29) is 0 Å². The second-order valence-electron chi connectivity index (χ2n) is 19.1. The van der Waals surface area contributed by atoms with Crippen LogP contribution in [0.5, 0.6) is 0 Å². The summed E-state index contributed by atoms with van der Waals surface area (Å²) in [7, 11) is 0. The molecule has 0 atom stereocenters. The van der Waals surface area contributed by atoms with Crippen molar-refractivity contribution in [1.82, 2.24) is 0 Å². The van der Waals surface area contributed by atoms with Crippen molar-refractivity contribution in [1.29, 1.82) is 0 Å². The standard InChI is InChI=1S/C71H47NO/c1-4-19-48(20-5-1)52-37-44-68-64(46-52)70-67(35-18-36-69(70)73-68)72(57-42-43-60(49-21-6-2-7-22-49)63(47-57)51-23-8-3-9-24-51)56-40-38-54(39-41-56)71(65-33-14-12-30-61(65)62-31-13-15-34-66(62)71)55-28-16-27-53(45-55)59-32-17-26-50-25-10-11-29-58(50)59/h1-47H. The van der Waals surface area contributed by atoms with Crippen molar-refractivity contribution in [3.05, 3.63) is 307 Å². The molecule has 0 spiro atoms. The predicted octanol–water partition coefficient (Wildman–Crippen LogP) is 19.2. The van der Waals surface area contributed by atoms with Gasteiger partial charge in [-0.25, -0.2) is 0 Å². The zero-order valence-electron chi connectivity index (χ0n) is 40.0. The van der Waals surface area contributed by atoms with Gasteiger partial charge in [0.1, 0.15) is 11.2 Å². The van der Waals surface area contributed by atoms with Gasteiger partial charge in [0, 0.05) is 16.8 Å². The number of benzene rings is 12. The Balaban J connectivity index is 1.00. The van der Waals surface area contributed by atoms with E-state index in [0.717, 1.165) is 55.7 Å². The van der Waals surface area contributed by atoms with E-state index in [2.05, 4.69) is 290 Å². The molecule has 13 aromatic rings. The fourth-order valence-electron chi connectivity index (χ4n) is 11.9. The van der Waals surface area contributed by atoms with Crippen LogP contribution in [0.4, 0.5) is 17.1 Å². The minimum absolute atomic E-state index is 0.608. The molecule has 1 aliphatic carbocycles. The maximum absolute atomic E-state index is 6.73. The second kappa shape index (κ2) is 17.4. The first kappa shape index (κ1) is 42.4. The average Bonchev–Trinajstić information content (AvgIpc) is 4.01. The molecule has 1 aromatic heterocycles. The molecule has 0 radical (unpaired) electrons. The van der Waals surface area contributed by atoms with E-state index < -0.39 is 5.41 Å². The largest absolute Gasteiger partial charge is 0.456 e. The molecule has 0 unspecified atom stereocenters. The lowest BCUT2D eigenvalue weighted by atomic mass is 9.67. The molecule has 0 saturated carbocycles. The van der Waals surface area contributed by atoms with Gasteiger partial charge >= 0.3 is 0 Å². The lowest BCUT2D eigenvalue weighted by Crippen LogP contribution is -2.28. The zero-order valence-corrected chi connectivity index (χ0v) is 40.0. The Morgan fingerprint density at radius 1 is 0.288 bits per heavy atom. The summed E-state index contributed by atoms with van der Waals surface area (Å²) in [5.41, 5.74) is 21.1. The summed E-state index contributed by atoms with van der Waals surface area (Å²) >= 11 is 0. The van der Waals surface area contributed by atoms with Gasteiger partial charge in [0.25, 0.3) is 0 Å². The molecule has 0 N–H and O–H groups in total. The molecule has 2 nitrogen and oxygen atoms in total. The summed E-state index contributed by atoms with van der Waals surface area (Å²) in [6.45, 7) is 0. The van der Waals surface area contributed by atoms with Crippen molar-refractivity contribution in [2.45, 2.75) is 5.41 Å². The highest BCUT2D eigenvalue weighted by Gasteiger charge is 2.46. The third kappa shape index (κ3) is 6.94. The summed E-state index contributed by atoms with van der Waals surface area (Å²) in [6, 6.07) is 104. The second-order valence-corrected chi connectivity index (χ2v) is 19.1. The summed E-state index contributed by atoms with van der Waals surface area (Å²) in [6.07, 6.45) is 0. The van der Waals surface area contributed by atoms with Gasteiger partial charge in [0.15, 0.2) is 0 Å². The fraction of sp³-hybridized carbons (Fsp3) is 0.0141. The van der Waals surface area contributed by atoms with Gasteiger partial charge in [-0.05, 0) is 143 Å². The topological polar surface area (TPSA) is 16.4 Å². The Hall–Kier alpha value is -9.50. The summed E-state index contributed by atoms with van der Waals surface area (Å²) in [4.78, 5) is 2.43. The lowest BCUT2D eigenvalue weighted by molar-refractivity contribution is 0.669. The minimum Gasteiger partial charge on any atom is -0.456 e. The third-order valence-electron chi connectivity index (χ3n) is 15.2. The molecule has 12 aromatic carbocycles. The van der Waals surface area contributed by atoms with Crippen molar-refractivity contribution in [2.24, 2.45) is 0 Å². The maximum Gasteiger partial charge on any atom is 0.137 e. The monoisotopic (exact) mass is 929 g/mol. The van der Waals surface area contributed by atoms with Crippen LogP contribution < -0.4 is 4.90 Å². The highest BCUT2D eigenvalue weighted by Crippen LogP contribution is 2.57. The summed E-state index contributed by atoms with van der Waals surface area (Å²) in [5.74, 6) is 0. The number of rotatable bonds is 9. The van der Waals surface area contributed by atoms with Crippen molar-refractivity contribution in [3.63, 3.8) is 0 Å². The van der Waals surface area contributed by atoms with Crippen LogP contribution in [0.15, 0.2) is 290 Å². The smallest absolute Gasteiger partial charge is 0.137 e. The highest BCUT2D eigenvalue weighted by atomic mass is 16.3. The molecule has 14 rings (SSSR count). The Kier molecular flexibility index (Phi) is 10.1. The Morgan fingerprint density at radius 2 is 0.863 bits per heavy atom. The van der Waals surface area contributed by atoms with Crippen LogP contribution in [0.25, 0.3) is 88.3 Å². The molecule has 1 heterocycles. The van der Waals surface area contributed by atoms with E-state index in [1.807, 2.05) is 0 Å². The van der Waals surface area contributed by atoms with Crippen molar-refractivity contribution in [2.75, 3.05) is 4.90 Å². The van der Waals surface area contributed by atoms with Crippen LogP contribution >= 0.6 is 0 Å². The predicted molar refractivity (Wildman–Crippen MR) is 305 cm³/mol.